The normalized spacial score (nSPS) is 23.7. The van der Waals surface area contributed by atoms with E-state index in [9.17, 15) is 15.2 Å². The van der Waals surface area contributed by atoms with Crippen LogP contribution in [0.1, 0.15) is 25.7 Å². The molecule has 1 aromatic rings. The standard InChI is InChI=1S/C12H15IN2O3/c13-8-5-6-9(11(7-8)15(17)18)14-10-3-1-2-4-12(10)16/h5-7,10,12,14,16H,1-4H2. The molecule has 0 aliphatic heterocycles. The molecule has 98 valence electrons. The van der Waals surface area contributed by atoms with E-state index in [0.717, 1.165) is 29.3 Å². The highest BCUT2D eigenvalue weighted by molar-refractivity contribution is 14.1. The lowest BCUT2D eigenvalue weighted by Gasteiger charge is -2.29. The van der Waals surface area contributed by atoms with Gasteiger partial charge in [-0.1, -0.05) is 12.8 Å². The van der Waals surface area contributed by atoms with Gasteiger partial charge in [-0.3, -0.25) is 10.1 Å². The molecule has 18 heavy (non-hydrogen) atoms. The van der Waals surface area contributed by atoms with E-state index in [2.05, 4.69) is 5.32 Å². The Morgan fingerprint density at radius 1 is 1.39 bits per heavy atom. The van der Waals surface area contributed by atoms with Crippen LogP contribution in [0, 0.1) is 13.7 Å². The quantitative estimate of drug-likeness (QED) is 0.493. The number of aliphatic hydroxyl groups excluding tert-OH is 1. The Bertz CT molecular complexity index is 453. The van der Waals surface area contributed by atoms with E-state index in [1.54, 1.807) is 6.07 Å². The van der Waals surface area contributed by atoms with E-state index in [-0.39, 0.29) is 16.7 Å². The zero-order chi connectivity index (χ0) is 13.1. The molecule has 2 N–H and O–H groups in total. The van der Waals surface area contributed by atoms with Gasteiger partial charge in [-0.2, -0.15) is 0 Å². The van der Waals surface area contributed by atoms with Gasteiger partial charge in [0.05, 0.1) is 17.1 Å². The van der Waals surface area contributed by atoms with Crippen LogP contribution in [0.25, 0.3) is 0 Å². The number of nitrogens with one attached hydrogen (secondary N) is 1. The molecule has 1 aromatic carbocycles. The maximum absolute atomic E-state index is 11.0. The number of hydrogen-bond acceptors (Lipinski definition) is 4. The third-order valence-electron chi connectivity index (χ3n) is 3.23. The summed E-state index contributed by atoms with van der Waals surface area (Å²) in [7, 11) is 0. The molecule has 1 saturated carbocycles. The molecule has 0 saturated heterocycles. The summed E-state index contributed by atoms with van der Waals surface area (Å²) in [5.41, 5.74) is 0.561. The zero-order valence-electron chi connectivity index (χ0n) is 9.80. The first-order chi connectivity index (χ1) is 8.58. The summed E-state index contributed by atoms with van der Waals surface area (Å²) in [4.78, 5) is 10.6. The van der Waals surface area contributed by atoms with Crippen molar-refractivity contribution in [3.63, 3.8) is 0 Å². The largest absolute Gasteiger partial charge is 0.391 e. The van der Waals surface area contributed by atoms with Crippen molar-refractivity contribution in [3.8, 4) is 0 Å². The Morgan fingerprint density at radius 2 is 2.11 bits per heavy atom. The predicted octanol–water partition coefficient (Wildman–Crippen LogP) is 2.91. The molecule has 0 radical (unpaired) electrons. The van der Waals surface area contributed by atoms with Gasteiger partial charge in [-0.15, -0.1) is 0 Å². The van der Waals surface area contributed by atoms with E-state index in [4.69, 9.17) is 0 Å². The van der Waals surface area contributed by atoms with Gasteiger partial charge in [0.2, 0.25) is 0 Å². The molecule has 6 heteroatoms. The number of hydrogen-bond donors (Lipinski definition) is 2. The fourth-order valence-electron chi connectivity index (χ4n) is 2.26. The maximum atomic E-state index is 11.0. The van der Waals surface area contributed by atoms with Gasteiger partial charge < -0.3 is 10.4 Å². The SMILES string of the molecule is O=[N+]([O-])c1cc(I)ccc1NC1CCCCC1O. The summed E-state index contributed by atoms with van der Waals surface area (Å²) in [6, 6.07) is 4.99. The van der Waals surface area contributed by atoms with Gasteiger partial charge in [-0.25, -0.2) is 0 Å². The second kappa shape index (κ2) is 5.83. The molecule has 2 rings (SSSR count). The van der Waals surface area contributed by atoms with E-state index in [1.807, 2.05) is 28.7 Å². The molecular weight excluding hydrogens is 347 g/mol. The van der Waals surface area contributed by atoms with E-state index in [1.165, 1.54) is 6.07 Å². The van der Waals surface area contributed by atoms with Gasteiger partial charge in [0.1, 0.15) is 5.69 Å². The molecule has 2 atom stereocenters. The van der Waals surface area contributed by atoms with Crippen LogP contribution in [0.4, 0.5) is 11.4 Å². The minimum atomic E-state index is -0.419. The first-order valence-electron chi connectivity index (χ1n) is 5.96. The van der Waals surface area contributed by atoms with Gasteiger partial charge in [0.15, 0.2) is 0 Å². The fourth-order valence-corrected chi connectivity index (χ4v) is 2.73. The molecule has 1 aliphatic rings. The van der Waals surface area contributed by atoms with Crippen LogP contribution in [0.15, 0.2) is 18.2 Å². The Labute approximate surface area is 119 Å². The molecule has 0 spiro atoms. The highest BCUT2D eigenvalue weighted by Gasteiger charge is 2.25. The van der Waals surface area contributed by atoms with E-state index < -0.39 is 6.10 Å². The van der Waals surface area contributed by atoms with Crippen LogP contribution < -0.4 is 5.32 Å². The number of anilines is 1. The summed E-state index contributed by atoms with van der Waals surface area (Å²) < 4.78 is 0.828. The Kier molecular flexibility index (Phi) is 4.39. The van der Waals surface area contributed by atoms with Gasteiger partial charge >= 0.3 is 0 Å². The second-order valence-corrected chi connectivity index (χ2v) is 5.77. The van der Waals surface area contributed by atoms with Gasteiger partial charge in [0, 0.05) is 9.64 Å². The summed E-state index contributed by atoms with van der Waals surface area (Å²) in [6.45, 7) is 0. The van der Waals surface area contributed by atoms with Crippen LogP contribution in [0.5, 0.6) is 0 Å². The number of benzene rings is 1. The van der Waals surface area contributed by atoms with Crippen LogP contribution >= 0.6 is 22.6 Å². The van der Waals surface area contributed by atoms with Crippen molar-refractivity contribution < 1.29 is 10.0 Å². The second-order valence-electron chi connectivity index (χ2n) is 4.52. The highest BCUT2D eigenvalue weighted by Crippen LogP contribution is 2.29. The molecule has 2 unspecified atom stereocenters. The molecule has 1 fully saturated rings. The minimum absolute atomic E-state index is 0.0691. The number of nitro groups is 1. The highest BCUT2D eigenvalue weighted by atomic mass is 127. The third-order valence-corrected chi connectivity index (χ3v) is 3.90. The average molecular weight is 362 g/mol. The van der Waals surface area contributed by atoms with Crippen molar-refractivity contribution >= 4 is 34.0 Å². The molecule has 0 amide bonds. The Morgan fingerprint density at radius 3 is 2.78 bits per heavy atom. The summed E-state index contributed by atoms with van der Waals surface area (Å²) >= 11 is 2.05. The Hall–Kier alpha value is -0.890. The average Bonchev–Trinajstić information content (AvgIpc) is 2.34. The fraction of sp³-hybridized carbons (Fsp3) is 0.500. The topological polar surface area (TPSA) is 75.4 Å². The van der Waals surface area contributed by atoms with Crippen molar-refractivity contribution in [3.05, 3.63) is 31.9 Å². The molecule has 0 aromatic heterocycles. The van der Waals surface area contributed by atoms with Crippen molar-refractivity contribution in [2.24, 2.45) is 0 Å². The molecule has 0 heterocycles. The maximum Gasteiger partial charge on any atom is 0.293 e. The Balaban J connectivity index is 2.20. The van der Waals surface area contributed by atoms with Gasteiger partial charge in [-0.05, 0) is 47.6 Å². The van der Waals surface area contributed by atoms with Crippen LogP contribution in [-0.2, 0) is 0 Å². The molecule has 0 bridgehead atoms. The summed E-state index contributed by atoms with van der Waals surface area (Å²) in [5, 5.41) is 24.0. The van der Waals surface area contributed by atoms with Crippen molar-refractivity contribution in [2.75, 3.05) is 5.32 Å². The van der Waals surface area contributed by atoms with Crippen molar-refractivity contribution in [1.29, 1.82) is 0 Å². The van der Waals surface area contributed by atoms with Crippen molar-refractivity contribution in [2.45, 2.75) is 37.8 Å². The number of aliphatic hydroxyl groups is 1. The number of rotatable bonds is 3. The third kappa shape index (κ3) is 3.11. The van der Waals surface area contributed by atoms with Crippen LogP contribution in [-0.4, -0.2) is 22.2 Å². The smallest absolute Gasteiger partial charge is 0.293 e. The molecular formula is C12H15IN2O3. The number of halogens is 1. The first-order valence-corrected chi connectivity index (χ1v) is 7.04. The van der Waals surface area contributed by atoms with E-state index >= 15 is 0 Å². The summed E-state index contributed by atoms with van der Waals surface area (Å²) in [6.07, 6.45) is 3.26. The van der Waals surface area contributed by atoms with Crippen LogP contribution in [0.3, 0.4) is 0 Å². The minimum Gasteiger partial charge on any atom is -0.391 e. The van der Waals surface area contributed by atoms with Crippen LogP contribution in [0.2, 0.25) is 0 Å². The van der Waals surface area contributed by atoms with Gasteiger partial charge in [0.25, 0.3) is 5.69 Å². The van der Waals surface area contributed by atoms with Crippen molar-refractivity contribution in [1.82, 2.24) is 0 Å². The lowest BCUT2D eigenvalue weighted by Crippen LogP contribution is -2.36. The molecule has 1 aliphatic carbocycles. The number of nitrogens with zero attached hydrogens (tertiary/aromatic N) is 1. The zero-order valence-corrected chi connectivity index (χ0v) is 12.0. The first kappa shape index (κ1) is 13.5. The summed E-state index contributed by atoms with van der Waals surface area (Å²) in [5.74, 6) is 0. The number of nitro benzene ring substituents is 1. The lowest BCUT2D eigenvalue weighted by atomic mass is 9.92. The van der Waals surface area contributed by atoms with E-state index in [0.29, 0.717) is 5.69 Å². The predicted molar refractivity (Wildman–Crippen MR) is 77.7 cm³/mol. The molecule has 5 nitrogen and oxygen atoms in total. The lowest BCUT2D eigenvalue weighted by molar-refractivity contribution is -0.384. The monoisotopic (exact) mass is 362 g/mol.